The minimum Gasteiger partial charge on any atom is -0.350 e. The van der Waals surface area contributed by atoms with Crippen molar-refractivity contribution in [3.63, 3.8) is 0 Å². The molecular formula is C15H21N3. The molecule has 1 saturated heterocycles. The molecular weight excluding hydrogens is 222 g/mol. The molecule has 2 atom stereocenters. The van der Waals surface area contributed by atoms with Gasteiger partial charge >= 0.3 is 0 Å². The fourth-order valence-electron chi connectivity index (χ4n) is 3.00. The number of anilines is 1. The number of aromatic nitrogens is 1. The lowest BCUT2D eigenvalue weighted by molar-refractivity contribution is 0.619. The molecule has 96 valence electrons. The molecule has 0 bridgehead atoms. The summed E-state index contributed by atoms with van der Waals surface area (Å²) in [5.74, 6) is 0.895. The van der Waals surface area contributed by atoms with Crippen LogP contribution in [0.2, 0.25) is 0 Å². The average molecular weight is 243 g/mol. The van der Waals surface area contributed by atoms with Gasteiger partial charge in [0.15, 0.2) is 0 Å². The minimum absolute atomic E-state index is 0.482. The second-order valence-corrected chi connectivity index (χ2v) is 5.29. The normalized spacial score (nSPS) is 23.2. The van der Waals surface area contributed by atoms with E-state index >= 15 is 0 Å². The molecule has 2 unspecified atom stereocenters. The van der Waals surface area contributed by atoms with Crippen LogP contribution in [0.5, 0.6) is 0 Å². The van der Waals surface area contributed by atoms with Crippen molar-refractivity contribution in [1.29, 1.82) is 5.26 Å². The van der Waals surface area contributed by atoms with Gasteiger partial charge in [-0.3, -0.25) is 0 Å². The van der Waals surface area contributed by atoms with Crippen molar-refractivity contribution in [1.82, 2.24) is 4.98 Å². The summed E-state index contributed by atoms with van der Waals surface area (Å²) in [6, 6.07) is 5.33. The van der Waals surface area contributed by atoms with Crippen molar-refractivity contribution in [3.05, 3.63) is 22.9 Å². The van der Waals surface area contributed by atoms with E-state index in [1.54, 1.807) is 0 Å². The third-order valence-corrected chi connectivity index (χ3v) is 3.94. The van der Waals surface area contributed by atoms with E-state index in [0.717, 1.165) is 29.1 Å². The topological polar surface area (TPSA) is 39.9 Å². The van der Waals surface area contributed by atoms with Crippen molar-refractivity contribution in [2.24, 2.45) is 0 Å². The Morgan fingerprint density at radius 1 is 1.44 bits per heavy atom. The number of pyridine rings is 1. The summed E-state index contributed by atoms with van der Waals surface area (Å²) in [4.78, 5) is 7.00. The van der Waals surface area contributed by atoms with Gasteiger partial charge in [0.25, 0.3) is 0 Å². The van der Waals surface area contributed by atoms with Crippen molar-refractivity contribution in [3.8, 4) is 6.07 Å². The Balaban J connectivity index is 2.53. The fraction of sp³-hybridized carbons (Fsp3) is 0.600. The first-order valence-corrected chi connectivity index (χ1v) is 6.75. The molecule has 1 aromatic rings. The predicted molar refractivity (Wildman–Crippen MR) is 73.7 cm³/mol. The van der Waals surface area contributed by atoms with Gasteiger partial charge in [-0.2, -0.15) is 5.26 Å². The summed E-state index contributed by atoms with van der Waals surface area (Å²) < 4.78 is 0. The van der Waals surface area contributed by atoms with Gasteiger partial charge in [0.2, 0.25) is 0 Å². The number of rotatable bonds is 2. The van der Waals surface area contributed by atoms with E-state index in [4.69, 9.17) is 0 Å². The minimum atomic E-state index is 0.482. The number of hydrogen-bond donors (Lipinski definition) is 0. The summed E-state index contributed by atoms with van der Waals surface area (Å²) in [6.07, 6.45) is 3.51. The van der Waals surface area contributed by atoms with Crippen LogP contribution in [0, 0.1) is 25.2 Å². The van der Waals surface area contributed by atoms with Crippen LogP contribution in [-0.4, -0.2) is 17.1 Å². The summed E-state index contributed by atoms with van der Waals surface area (Å²) in [5.41, 5.74) is 2.78. The predicted octanol–water partition coefficient (Wildman–Crippen LogP) is 3.34. The highest BCUT2D eigenvalue weighted by Crippen LogP contribution is 2.33. The highest BCUT2D eigenvalue weighted by molar-refractivity contribution is 5.59. The molecule has 1 aliphatic rings. The molecule has 3 heteroatoms. The maximum atomic E-state index is 9.38. The van der Waals surface area contributed by atoms with Crippen LogP contribution in [0.4, 0.5) is 5.82 Å². The Hall–Kier alpha value is -1.56. The lowest BCUT2D eigenvalue weighted by Gasteiger charge is -2.30. The van der Waals surface area contributed by atoms with Gasteiger partial charge in [0, 0.05) is 17.8 Å². The molecule has 0 radical (unpaired) electrons. The first kappa shape index (κ1) is 12.9. The highest BCUT2D eigenvalue weighted by Gasteiger charge is 2.32. The van der Waals surface area contributed by atoms with E-state index in [1.165, 1.54) is 12.8 Å². The zero-order valence-electron chi connectivity index (χ0n) is 11.7. The maximum Gasteiger partial charge on any atom is 0.147 e. The van der Waals surface area contributed by atoms with Crippen molar-refractivity contribution in [2.75, 3.05) is 4.90 Å². The quantitative estimate of drug-likeness (QED) is 0.799. The molecule has 0 amide bonds. The van der Waals surface area contributed by atoms with Crippen molar-refractivity contribution < 1.29 is 0 Å². The molecule has 2 rings (SSSR count). The fourth-order valence-corrected chi connectivity index (χ4v) is 3.00. The molecule has 0 spiro atoms. The maximum absolute atomic E-state index is 9.38. The molecule has 18 heavy (non-hydrogen) atoms. The van der Waals surface area contributed by atoms with E-state index in [2.05, 4.69) is 29.8 Å². The van der Waals surface area contributed by atoms with Gasteiger partial charge in [-0.15, -0.1) is 0 Å². The largest absolute Gasteiger partial charge is 0.350 e. The molecule has 0 aromatic carbocycles. The molecule has 0 aliphatic carbocycles. The van der Waals surface area contributed by atoms with Crippen LogP contribution in [0.25, 0.3) is 0 Å². The van der Waals surface area contributed by atoms with Crippen LogP contribution in [0.3, 0.4) is 0 Å². The highest BCUT2D eigenvalue weighted by atomic mass is 15.3. The smallest absolute Gasteiger partial charge is 0.147 e. The van der Waals surface area contributed by atoms with E-state index in [-0.39, 0.29) is 0 Å². The molecule has 3 nitrogen and oxygen atoms in total. The van der Waals surface area contributed by atoms with E-state index in [1.807, 2.05) is 19.9 Å². The van der Waals surface area contributed by atoms with Crippen LogP contribution >= 0.6 is 0 Å². The molecule has 1 aromatic heterocycles. The summed E-state index contributed by atoms with van der Waals surface area (Å²) in [6.45, 7) is 8.44. The second-order valence-electron chi connectivity index (χ2n) is 5.29. The Kier molecular flexibility index (Phi) is 3.56. The third kappa shape index (κ3) is 2.08. The summed E-state index contributed by atoms with van der Waals surface area (Å²) in [5, 5.41) is 9.38. The SMILES string of the molecule is CCC1CCC(C)N1c1nc(C)cc(C)c1C#N. The van der Waals surface area contributed by atoms with Gasteiger partial charge in [0.1, 0.15) is 11.9 Å². The molecule has 0 saturated carbocycles. The van der Waals surface area contributed by atoms with E-state index in [0.29, 0.717) is 12.1 Å². The zero-order valence-corrected chi connectivity index (χ0v) is 11.7. The molecule has 1 fully saturated rings. The second kappa shape index (κ2) is 4.97. The zero-order chi connectivity index (χ0) is 13.3. The van der Waals surface area contributed by atoms with Crippen molar-refractivity contribution >= 4 is 5.82 Å². The summed E-state index contributed by atoms with van der Waals surface area (Å²) in [7, 11) is 0. The first-order chi connectivity index (χ1) is 8.58. The number of hydrogen-bond acceptors (Lipinski definition) is 3. The van der Waals surface area contributed by atoms with Gasteiger partial charge < -0.3 is 4.90 Å². The third-order valence-electron chi connectivity index (χ3n) is 3.94. The first-order valence-electron chi connectivity index (χ1n) is 6.75. The van der Waals surface area contributed by atoms with Gasteiger partial charge in [-0.25, -0.2) is 4.98 Å². The van der Waals surface area contributed by atoms with Crippen LogP contribution < -0.4 is 4.90 Å². The molecule has 2 heterocycles. The van der Waals surface area contributed by atoms with Crippen LogP contribution in [0.1, 0.15) is 49.9 Å². The lowest BCUT2D eigenvalue weighted by Crippen LogP contribution is -2.35. The standard InChI is InChI=1S/C15H21N3/c1-5-13-7-6-12(4)18(13)15-14(9-16)10(2)8-11(3)17-15/h8,12-13H,5-7H2,1-4H3. The van der Waals surface area contributed by atoms with E-state index in [9.17, 15) is 5.26 Å². The lowest BCUT2D eigenvalue weighted by atomic mass is 10.1. The van der Waals surface area contributed by atoms with E-state index < -0.39 is 0 Å². The average Bonchev–Trinajstić information content (AvgIpc) is 2.69. The summed E-state index contributed by atoms with van der Waals surface area (Å²) >= 11 is 0. The number of aryl methyl sites for hydroxylation is 2. The monoisotopic (exact) mass is 243 g/mol. The Labute approximate surface area is 109 Å². The van der Waals surface area contributed by atoms with Gasteiger partial charge in [0.05, 0.1) is 5.56 Å². The molecule has 1 aliphatic heterocycles. The van der Waals surface area contributed by atoms with Gasteiger partial charge in [-0.05, 0) is 51.7 Å². The van der Waals surface area contributed by atoms with Crippen molar-refractivity contribution in [2.45, 2.75) is 59.0 Å². The number of nitrogens with zero attached hydrogens (tertiary/aromatic N) is 3. The molecule has 0 N–H and O–H groups in total. The van der Waals surface area contributed by atoms with Crippen LogP contribution in [-0.2, 0) is 0 Å². The van der Waals surface area contributed by atoms with Crippen LogP contribution in [0.15, 0.2) is 6.07 Å². The van der Waals surface area contributed by atoms with Gasteiger partial charge in [-0.1, -0.05) is 6.92 Å². The number of nitriles is 1. The Morgan fingerprint density at radius 3 is 2.78 bits per heavy atom. The Bertz CT molecular complexity index is 487. The Morgan fingerprint density at radius 2 is 2.17 bits per heavy atom.